The van der Waals surface area contributed by atoms with E-state index in [1.165, 1.54) is 44.9 Å². The summed E-state index contributed by atoms with van der Waals surface area (Å²) in [5.74, 6) is 2.15. The van der Waals surface area contributed by atoms with Crippen molar-refractivity contribution in [3.8, 4) is 0 Å². The first-order chi connectivity index (χ1) is 12.6. The van der Waals surface area contributed by atoms with Crippen molar-refractivity contribution >= 4 is 0 Å². The molecular weight excluding hydrogens is 328 g/mol. The summed E-state index contributed by atoms with van der Waals surface area (Å²) in [5, 5.41) is 3.60. The Morgan fingerprint density at radius 1 is 1.04 bits per heavy atom. The maximum Gasteiger partial charge on any atom is 0.0156 e. The lowest BCUT2D eigenvalue weighted by Crippen LogP contribution is -2.49. The third-order valence-corrected chi connectivity index (χ3v) is 10.1. The zero-order chi connectivity index (χ0) is 19.6. The van der Waals surface area contributed by atoms with Crippen molar-refractivity contribution in [1.29, 1.82) is 0 Å². The summed E-state index contributed by atoms with van der Waals surface area (Å²) in [6.45, 7) is 12.4. The molecule has 4 aliphatic carbocycles. The highest BCUT2D eigenvalue weighted by atomic mass is 14.9. The molecule has 152 valence electrons. The Labute approximate surface area is 167 Å². The minimum atomic E-state index is 0.328. The molecule has 7 atom stereocenters. The first kappa shape index (κ1) is 19.7. The van der Waals surface area contributed by atoms with Crippen molar-refractivity contribution < 1.29 is 0 Å². The van der Waals surface area contributed by atoms with Gasteiger partial charge in [-0.2, -0.15) is 0 Å². The SMILES string of the molecule is CN[C@H]1CC=C2C=C3CC[C@]4(C)[C@@H]([C@H](C)N)CC[C@@]4(C)[C@H]3CC[C@H]2C1(C)C. The first-order valence-corrected chi connectivity index (χ1v) is 11.5. The van der Waals surface area contributed by atoms with Crippen LogP contribution in [0.4, 0.5) is 0 Å². The number of fused-ring (bicyclic) bond motifs is 4. The third kappa shape index (κ3) is 2.65. The number of nitrogens with two attached hydrogens (primary N) is 1. The van der Waals surface area contributed by atoms with Crippen molar-refractivity contribution in [3.63, 3.8) is 0 Å². The van der Waals surface area contributed by atoms with Gasteiger partial charge in [-0.3, -0.25) is 0 Å². The molecule has 2 saturated carbocycles. The Morgan fingerprint density at radius 2 is 1.74 bits per heavy atom. The van der Waals surface area contributed by atoms with Gasteiger partial charge in [-0.1, -0.05) is 45.4 Å². The van der Waals surface area contributed by atoms with Crippen molar-refractivity contribution in [1.82, 2.24) is 5.32 Å². The first-order valence-electron chi connectivity index (χ1n) is 11.5. The van der Waals surface area contributed by atoms with E-state index in [1.807, 2.05) is 0 Å². The van der Waals surface area contributed by atoms with Crippen LogP contribution in [0.25, 0.3) is 0 Å². The highest BCUT2D eigenvalue weighted by Gasteiger charge is 2.61. The number of rotatable bonds is 2. The predicted octanol–water partition coefficient (Wildman–Crippen LogP) is 5.45. The van der Waals surface area contributed by atoms with E-state index < -0.39 is 0 Å². The third-order valence-electron chi connectivity index (χ3n) is 10.1. The molecule has 4 aliphatic rings. The summed E-state index contributed by atoms with van der Waals surface area (Å²) < 4.78 is 0. The molecule has 3 N–H and O–H groups in total. The quantitative estimate of drug-likeness (QED) is 0.678. The fourth-order valence-electron chi connectivity index (χ4n) is 8.14. The lowest BCUT2D eigenvalue weighted by molar-refractivity contribution is -0.0182. The molecule has 0 heterocycles. The monoisotopic (exact) mass is 370 g/mol. The van der Waals surface area contributed by atoms with Crippen molar-refractivity contribution in [3.05, 3.63) is 23.3 Å². The molecule has 4 rings (SSSR count). The molecule has 0 aromatic rings. The molecule has 0 aromatic heterocycles. The standard InChI is InChI=1S/C25H42N2/c1-16(26)19-12-14-25(5)21-9-8-20-17(7-10-22(27-6)23(20,2)3)15-18(21)11-13-24(19,25)4/h7,15-16,19-22,27H,8-14,26H2,1-6H3/t16-,19+,20+,21-,22-,24+,25-/m0/s1. The van der Waals surface area contributed by atoms with Crippen LogP contribution in [0.3, 0.4) is 0 Å². The highest BCUT2D eigenvalue weighted by Crippen LogP contribution is 2.68. The maximum atomic E-state index is 6.48. The molecule has 0 aromatic carbocycles. The summed E-state index contributed by atoms with van der Waals surface area (Å²) >= 11 is 0. The van der Waals surface area contributed by atoms with Crippen LogP contribution in [0.15, 0.2) is 23.3 Å². The zero-order valence-corrected chi connectivity index (χ0v) is 18.6. The van der Waals surface area contributed by atoms with Crippen molar-refractivity contribution in [2.75, 3.05) is 7.05 Å². The molecule has 0 unspecified atom stereocenters. The fourth-order valence-corrected chi connectivity index (χ4v) is 8.14. The Hall–Kier alpha value is -0.600. The molecule has 2 fully saturated rings. The lowest BCUT2D eigenvalue weighted by Gasteiger charge is -2.55. The van der Waals surface area contributed by atoms with Gasteiger partial charge in [0.2, 0.25) is 0 Å². The summed E-state index contributed by atoms with van der Waals surface area (Å²) in [4.78, 5) is 0. The Balaban J connectivity index is 1.69. The van der Waals surface area contributed by atoms with E-state index in [2.05, 4.69) is 59.1 Å². The van der Waals surface area contributed by atoms with Crippen LogP contribution in [-0.2, 0) is 0 Å². The van der Waals surface area contributed by atoms with E-state index in [4.69, 9.17) is 5.73 Å². The van der Waals surface area contributed by atoms with E-state index in [-0.39, 0.29) is 0 Å². The molecular formula is C25H42N2. The van der Waals surface area contributed by atoms with E-state index in [9.17, 15) is 0 Å². The number of hydrogen-bond donors (Lipinski definition) is 2. The van der Waals surface area contributed by atoms with E-state index >= 15 is 0 Å². The minimum absolute atomic E-state index is 0.328. The molecule has 0 amide bonds. The maximum absolute atomic E-state index is 6.48. The average molecular weight is 371 g/mol. The van der Waals surface area contributed by atoms with Crippen LogP contribution in [0.1, 0.15) is 79.6 Å². The molecule has 2 nitrogen and oxygen atoms in total. The Kier molecular flexibility index (Phi) is 4.71. The number of nitrogens with one attached hydrogen (secondary N) is 1. The number of hydrogen-bond acceptors (Lipinski definition) is 2. The van der Waals surface area contributed by atoms with Gasteiger partial charge in [0.1, 0.15) is 0 Å². The van der Waals surface area contributed by atoms with Gasteiger partial charge in [-0.15, -0.1) is 0 Å². The smallest absolute Gasteiger partial charge is 0.0156 e. The van der Waals surface area contributed by atoms with E-state index in [0.717, 1.165) is 5.92 Å². The van der Waals surface area contributed by atoms with Gasteiger partial charge in [0, 0.05) is 12.1 Å². The van der Waals surface area contributed by atoms with Gasteiger partial charge in [0.15, 0.2) is 0 Å². The lowest BCUT2D eigenvalue weighted by atomic mass is 9.50. The fraction of sp³-hybridized carbons (Fsp3) is 0.840. The predicted molar refractivity (Wildman–Crippen MR) is 115 cm³/mol. The van der Waals surface area contributed by atoms with Crippen LogP contribution in [0.2, 0.25) is 0 Å². The van der Waals surface area contributed by atoms with Gasteiger partial charge in [0.25, 0.3) is 0 Å². The van der Waals surface area contributed by atoms with Crippen LogP contribution in [0, 0.1) is 34.0 Å². The molecule has 2 heteroatoms. The van der Waals surface area contributed by atoms with Crippen LogP contribution >= 0.6 is 0 Å². The second-order valence-electron chi connectivity index (χ2n) is 11.3. The molecule has 0 bridgehead atoms. The molecule has 0 aliphatic heterocycles. The topological polar surface area (TPSA) is 38.0 Å². The van der Waals surface area contributed by atoms with Gasteiger partial charge in [-0.05, 0) is 98.5 Å². The molecule has 0 radical (unpaired) electrons. The molecule has 0 spiro atoms. The van der Waals surface area contributed by atoms with Gasteiger partial charge < -0.3 is 11.1 Å². The second kappa shape index (κ2) is 6.46. The average Bonchev–Trinajstić information content (AvgIpc) is 2.75. The van der Waals surface area contributed by atoms with Crippen molar-refractivity contribution in [2.45, 2.75) is 91.6 Å². The highest BCUT2D eigenvalue weighted by molar-refractivity contribution is 5.36. The van der Waals surface area contributed by atoms with Crippen LogP contribution in [0.5, 0.6) is 0 Å². The Morgan fingerprint density at radius 3 is 2.41 bits per heavy atom. The molecule has 0 saturated heterocycles. The van der Waals surface area contributed by atoms with Crippen molar-refractivity contribution in [2.24, 2.45) is 39.7 Å². The van der Waals surface area contributed by atoms with Gasteiger partial charge >= 0.3 is 0 Å². The minimum Gasteiger partial charge on any atom is -0.328 e. The van der Waals surface area contributed by atoms with Gasteiger partial charge in [-0.25, -0.2) is 0 Å². The van der Waals surface area contributed by atoms with E-state index in [1.54, 1.807) is 11.1 Å². The van der Waals surface area contributed by atoms with Crippen LogP contribution in [-0.4, -0.2) is 19.1 Å². The summed E-state index contributed by atoms with van der Waals surface area (Å²) in [6, 6.07) is 0.924. The zero-order valence-electron chi connectivity index (χ0n) is 18.6. The number of allylic oxidation sites excluding steroid dienone is 3. The summed E-state index contributed by atoms with van der Waals surface area (Å²) in [5.41, 5.74) is 11.1. The second-order valence-corrected chi connectivity index (χ2v) is 11.3. The van der Waals surface area contributed by atoms with E-state index in [0.29, 0.717) is 40.2 Å². The summed E-state index contributed by atoms with van der Waals surface area (Å²) in [7, 11) is 2.14. The normalized spacial score (nSPS) is 47.1. The largest absolute Gasteiger partial charge is 0.328 e. The van der Waals surface area contributed by atoms with Crippen LogP contribution < -0.4 is 11.1 Å². The Bertz CT molecular complexity index is 657. The summed E-state index contributed by atoms with van der Waals surface area (Å²) in [6.07, 6.45) is 14.4. The molecule has 27 heavy (non-hydrogen) atoms. The van der Waals surface area contributed by atoms with Gasteiger partial charge in [0.05, 0.1) is 0 Å².